The largest absolute Gasteiger partial charge is 0.398 e. The van der Waals surface area contributed by atoms with Crippen LogP contribution in [0.5, 0.6) is 0 Å². The SMILES string of the molecule is CC(C)n1cc(NS(=O)(=O)c2ccc(Br)cc2N)cn1. The number of hydrogen-bond donors (Lipinski definition) is 2. The first-order valence-electron chi connectivity index (χ1n) is 5.91. The number of nitrogens with zero attached hydrogens (tertiary/aromatic N) is 2. The molecule has 0 saturated carbocycles. The minimum Gasteiger partial charge on any atom is -0.398 e. The van der Waals surface area contributed by atoms with Gasteiger partial charge in [0.05, 0.1) is 17.6 Å². The van der Waals surface area contributed by atoms with Crippen LogP contribution in [0.2, 0.25) is 0 Å². The molecule has 1 aromatic carbocycles. The topological polar surface area (TPSA) is 90.0 Å². The van der Waals surface area contributed by atoms with Gasteiger partial charge in [0.2, 0.25) is 0 Å². The highest BCUT2D eigenvalue weighted by Crippen LogP contribution is 2.24. The zero-order chi connectivity index (χ0) is 14.9. The van der Waals surface area contributed by atoms with Crippen LogP contribution in [-0.2, 0) is 10.0 Å². The minimum atomic E-state index is -3.72. The maximum atomic E-state index is 12.3. The zero-order valence-corrected chi connectivity index (χ0v) is 13.4. The molecule has 8 heteroatoms. The summed E-state index contributed by atoms with van der Waals surface area (Å²) in [7, 11) is -3.72. The van der Waals surface area contributed by atoms with Gasteiger partial charge in [-0.2, -0.15) is 5.10 Å². The number of nitrogens with two attached hydrogens (primary N) is 1. The molecule has 0 fully saturated rings. The fourth-order valence-corrected chi connectivity index (χ4v) is 3.17. The highest BCUT2D eigenvalue weighted by Gasteiger charge is 2.18. The molecule has 0 amide bonds. The first-order valence-corrected chi connectivity index (χ1v) is 8.19. The Hall–Kier alpha value is -1.54. The van der Waals surface area contributed by atoms with E-state index in [9.17, 15) is 8.42 Å². The van der Waals surface area contributed by atoms with Gasteiger partial charge in [0, 0.05) is 16.7 Å². The number of halogens is 1. The van der Waals surface area contributed by atoms with E-state index in [0.29, 0.717) is 5.69 Å². The van der Waals surface area contributed by atoms with Gasteiger partial charge in [-0.05, 0) is 32.0 Å². The van der Waals surface area contributed by atoms with Gasteiger partial charge in [0.15, 0.2) is 0 Å². The number of anilines is 2. The lowest BCUT2D eigenvalue weighted by molar-refractivity contribution is 0.532. The van der Waals surface area contributed by atoms with Crippen LogP contribution in [0.4, 0.5) is 11.4 Å². The molecular weight excluding hydrogens is 344 g/mol. The Morgan fingerprint density at radius 3 is 2.65 bits per heavy atom. The molecule has 0 bridgehead atoms. The summed E-state index contributed by atoms with van der Waals surface area (Å²) in [6.07, 6.45) is 3.10. The normalized spacial score (nSPS) is 11.8. The van der Waals surface area contributed by atoms with Gasteiger partial charge in [-0.25, -0.2) is 8.42 Å². The van der Waals surface area contributed by atoms with Gasteiger partial charge in [-0.15, -0.1) is 0 Å². The number of rotatable bonds is 4. The van der Waals surface area contributed by atoms with Crippen LogP contribution in [0.15, 0.2) is 40.0 Å². The van der Waals surface area contributed by atoms with E-state index in [1.165, 1.54) is 12.3 Å². The van der Waals surface area contributed by atoms with E-state index in [1.54, 1.807) is 23.0 Å². The predicted octanol–water partition coefficient (Wildman–Crippen LogP) is 2.61. The van der Waals surface area contributed by atoms with E-state index in [4.69, 9.17) is 5.73 Å². The van der Waals surface area contributed by atoms with Gasteiger partial charge >= 0.3 is 0 Å². The van der Waals surface area contributed by atoms with Crippen LogP contribution in [0.1, 0.15) is 19.9 Å². The smallest absolute Gasteiger partial charge is 0.264 e. The lowest BCUT2D eigenvalue weighted by Gasteiger charge is -2.09. The van der Waals surface area contributed by atoms with E-state index in [1.807, 2.05) is 13.8 Å². The molecule has 2 aromatic rings. The summed E-state index contributed by atoms with van der Waals surface area (Å²) in [5.74, 6) is 0. The molecule has 1 aromatic heterocycles. The highest BCUT2D eigenvalue weighted by atomic mass is 79.9. The molecule has 6 nitrogen and oxygen atoms in total. The zero-order valence-electron chi connectivity index (χ0n) is 11.0. The summed E-state index contributed by atoms with van der Waals surface area (Å²) < 4.78 is 29.4. The number of aromatic nitrogens is 2. The maximum Gasteiger partial charge on any atom is 0.264 e. The summed E-state index contributed by atoms with van der Waals surface area (Å²) >= 11 is 3.24. The van der Waals surface area contributed by atoms with Gasteiger partial charge < -0.3 is 5.73 Å². The fraction of sp³-hybridized carbons (Fsp3) is 0.250. The minimum absolute atomic E-state index is 0.0398. The number of hydrogen-bond acceptors (Lipinski definition) is 4. The van der Waals surface area contributed by atoms with Crippen molar-refractivity contribution >= 4 is 37.3 Å². The first kappa shape index (κ1) is 14.9. The van der Waals surface area contributed by atoms with E-state index in [-0.39, 0.29) is 16.6 Å². The molecule has 0 radical (unpaired) electrons. The molecule has 0 aliphatic rings. The fourth-order valence-electron chi connectivity index (χ4n) is 1.65. The second-order valence-corrected chi connectivity index (χ2v) is 7.16. The van der Waals surface area contributed by atoms with E-state index in [2.05, 4.69) is 25.8 Å². The van der Waals surface area contributed by atoms with Crippen molar-refractivity contribution in [3.05, 3.63) is 35.1 Å². The average Bonchev–Trinajstić information content (AvgIpc) is 2.76. The molecule has 0 unspecified atom stereocenters. The van der Waals surface area contributed by atoms with Crippen molar-refractivity contribution in [2.24, 2.45) is 0 Å². The van der Waals surface area contributed by atoms with Crippen LogP contribution in [-0.4, -0.2) is 18.2 Å². The van der Waals surface area contributed by atoms with Crippen molar-refractivity contribution < 1.29 is 8.42 Å². The van der Waals surface area contributed by atoms with Gasteiger partial charge in [0.25, 0.3) is 10.0 Å². The Bertz CT molecular complexity index is 725. The third kappa shape index (κ3) is 3.13. The summed E-state index contributed by atoms with van der Waals surface area (Å²) in [6, 6.07) is 4.79. The summed E-state index contributed by atoms with van der Waals surface area (Å²) in [5, 5.41) is 4.08. The standard InChI is InChI=1S/C12H15BrN4O2S/c1-8(2)17-7-10(6-15-17)16-20(18,19)12-4-3-9(13)5-11(12)14/h3-8,16H,14H2,1-2H3. The molecule has 0 spiro atoms. The third-order valence-corrected chi connectivity index (χ3v) is 4.59. The molecule has 3 N–H and O–H groups in total. The Kier molecular flexibility index (Phi) is 4.05. The predicted molar refractivity (Wildman–Crippen MR) is 82.0 cm³/mol. The number of sulfonamides is 1. The lowest BCUT2D eigenvalue weighted by atomic mass is 10.3. The lowest BCUT2D eigenvalue weighted by Crippen LogP contribution is -2.14. The molecule has 0 saturated heterocycles. The van der Waals surface area contributed by atoms with Crippen molar-refractivity contribution in [3.63, 3.8) is 0 Å². The third-order valence-electron chi connectivity index (χ3n) is 2.64. The number of benzene rings is 1. The molecule has 20 heavy (non-hydrogen) atoms. The van der Waals surface area contributed by atoms with Crippen LogP contribution in [0, 0.1) is 0 Å². The van der Waals surface area contributed by atoms with E-state index in [0.717, 1.165) is 4.47 Å². The van der Waals surface area contributed by atoms with E-state index >= 15 is 0 Å². The van der Waals surface area contributed by atoms with Crippen molar-refractivity contribution in [2.45, 2.75) is 24.8 Å². The summed E-state index contributed by atoms with van der Waals surface area (Å²) in [4.78, 5) is 0.0398. The van der Waals surface area contributed by atoms with Crippen molar-refractivity contribution in [3.8, 4) is 0 Å². The molecule has 2 rings (SSSR count). The monoisotopic (exact) mass is 358 g/mol. The molecule has 0 atom stereocenters. The van der Waals surface area contributed by atoms with Gasteiger partial charge in [-0.3, -0.25) is 9.40 Å². The van der Waals surface area contributed by atoms with Crippen LogP contribution in [0.25, 0.3) is 0 Å². The molecular formula is C12H15BrN4O2S. The van der Waals surface area contributed by atoms with Crippen molar-refractivity contribution in [1.29, 1.82) is 0 Å². The quantitative estimate of drug-likeness (QED) is 0.821. The maximum absolute atomic E-state index is 12.3. The van der Waals surface area contributed by atoms with Gasteiger partial charge in [0.1, 0.15) is 4.90 Å². The first-order chi connectivity index (χ1) is 9.29. The second kappa shape index (κ2) is 5.45. The van der Waals surface area contributed by atoms with Crippen molar-refractivity contribution in [1.82, 2.24) is 9.78 Å². The van der Waals surface area contributed by atoms with Crippen molar-refractivity contribution in [2.75, 3.05) is 10.5 Å². The van der Waals surface area contributed by atoms with Gasteiger partial charge in [-0.1, -0.05) is 15.9 Å². The average molecular weight is 359 g/mol. The van der Waals surface area contributed by atoms with Crippen LogP contribution in [0.3, 0.4) is 0 Å². The van der Waals surface area contributed by atoms with Crippen LogP contribution < -0.4 is 10.5 Å². The molecule has 1 heterocycles. The molecule has 108 valence electrons. The molecule has 0 aliphatic heterocycles. The van der Waals surface area contributed by atoms with E-state index < -0.39 is 10.0 Å². The second-order valence-electron chi connectivity index (χ2n) is 4.59. The summed E-state index contributed by atoms with van der Waals surface area (Å²) in [5.41, 5.74) is 6.33. The Balaban J connectivity index is 2.30. The summed E-state index contributed by atoms with van der Waals surface area (Å²) in [6.45, 7) is 3.91. The number of nitrogen functional groups attached to an aromatic ring is 1. The number of nitrogens with one attached hydrogen (secondary N) is 1. The highest BCUT2D eigenvalue weighted by molar-refractivity contribution is 9.10. The Morgan fingerprint density at radius 2 is 2.10 bits per heavy atom. The molecule has 0 aliphatic carbocycles. The Labute approximate surface area is 126 Å². The Morgan fingerprint density at radius 1 is 1.40 bits per heavy atom. The van der Waals surface area contributed by atoms with Crippen LogP contribution >= 0.6 is 15.9 Å².